The summed E-state index contributed by atoms with van der Waals surface area (Å²) in [7, 11) is 3.16. The van der Waals surface area contributed by atoms with Gasteiger partial charge in [-0.15, -0.1) is 0 Å². The molecule has 446 valence electrons. The van der Waals surface area contributed by atoms with Gasteiger partial charge in [0.1, 0.15) is 36.3 Å². The highest BCUT2D eigenvalue weighted by Gasteiger charge is 2.76. The van der Waals surface area contributed by atoms with Gasteiger partial charge in [0.15, 0.2) is 40.3 Å². The lowest BCUT2D eigenvalue weighted by molar-refractivity contribution is -0.219. The molecule has 0 radical (unpaired) electrons. The van der Waals surface area contributed by atoms with Gasteiger partial charge in [-0.25, -0.2) is 9.37 Å². The van der Waals surface area contributed by atoms with Crippen molar-refractivity contribution in [2.24, 2.45) is 57.2 Å². The van der Waals surface area contributed by atoms with Crippen LogP contribution in [-0.4, -0.2) is 170 Å². The van der Waals surface area contributed by atoms with Crippen molar-refractivity contribution in [1.29, 1.82) is 0 Å². The zero-order valence-corrected chi connectivity index (χ0v) is 48.2. The van der Waals surface area contributed by atoms with E-state index in [1.54, 1.807) is 65.4 Å². The predicted molar refractivity (Wildman–Crippen MR) is 300 cm³/mol. The number of ketones is 4. The molecule has 82 heavy (non-hydrogen) atoms. The lowest BCUT2D eigenvalue weighted by atomic mass is 9.44. The number of carbonyl (C=O) groups is 5. The molecule has 2 aromatic rings. The molecule has 1 unspecified atom stereocenters. The molecule has 12 rings (SSSR count). The summed E-state index contributed by atoms with van der Waals surface area (Å²) in [4.78, 5) is 74.1. The Bertz CT molecular complexity index is 3050. The number of Topliss-reactive ketones (excluding diaryl/α,β-unsaturated/α-hetero) is 2. The summed E-state index contributed by atoms with van der Waals surface area (Å²) in [6.07, 6.45) is 13.6. The number of anilines is 2. The number of nitrogen functional groups attached to an aromatic ring is 1. The van der Waals surface area contributed by atoms with Crippen LogP contribution in [0.5, 0.6) is 11.5 Å². The number of hydrogen-bond donors (Lipinski definition) is 7. The number of fused-ring (bicyclic) bond motifs is 11. The third kappa shape index (κ3) is 8.92. The topological polar surface area (TPSA) is 293 Å². The van der Waals surface area contributed by atoms with Crippen molar-refractivity contribution in [2.75, 3.05) is 70.9 Å². The predicted octanol–water partition coefficient (Wildman–Crippen LogP) is 4.51. The fourth-order valence-electron chi connectivity index (χ4n) is 17.9. The second kappa shape index (κ2) is 21.5. The van der Waals surface area contributed by atoms with Crippen molar-refractivity contribution in [3.05, 3.63) is 59.7 Å². The number of piperazine rings is 1. The number of nitrogens with two attached hydrogens (primary N) is 1. The second-order valence-electron chi connectivity index (χ2n) is 25.9. The molecule has 2 saturated heterocycles. The normalized spacial score (nSPS) is 40.5. The highest BCUT2D eigenvalue weighted by Crippen LogP contribution is 2.71. The Morgan fingerprint density at radius 2 is 1.45 bits per heavy atom. The molecule has 1 amide bonds. The van der Waals surface area contributed by atoms with Gasteiger partial charge in [0.2, 0.25) is 5.95 Å². The number of nitrogens with zero attached hydrogens (tertiary/aromatic N) is 4. The maximum Gasteiger partial charge on any atom is 0.251 e. The molecule has 1 aromatic carbocycles. The smallest absolute Gasteiger partial charge is 0.251 e. The Labute approximate surface area is 477 Å². The fraction of sp³-hybridized carbons (Fsp3) is 0.661. The van der Waals surface area contributed by atoms with Crippen LogP contribution in [0.2, 0.25) is 0 Å². The zero-order valence-electron chi connectivity index (χ0n) is 48.2. The lowest BCUT2D eigenvalue weighted by Crippen LogP contribution is -2.69. The Balaban J connectivity index is 0.000000138. The van der Waals surface area contributed by atoms with Crippen molar-refractivity contribution in [2.45, 2.75) is 140 Å². The van der Waals surface area contributed by atoms with Crippen LogP contribution in [0.4, 0.5) is 16.2 Å². The minimum atomic E-state index is -1.98. The van der Waals surface area contributed by atoms with Gasteiger partial charge >= 0.3 is 0 Å². The van der Waals surface area contributed by atoms with Crippen LogP contribution in [0.25, 0.3) is 10.9 Å². The number of allylic oxidation sites excluding steroid dienone is 8. The van der Waals surface area contributed by atoms with Gasteiger partial charge in [-0.1, -0.05) is 51.0 Å². The zero-order chi connectivity index (χ0) is 59.3. The van der Waals surface area contributed by atoms with Crippen LogP contribution >= 0.6 is 0 Å². The molecule has 1 aromatic heterocycles. The number of alkyl halides is 1. The summed E-state index contributed by atoms with van der Waals surface area (Å²) in [6.45, 7) is 11.0. The summed E-state index contributed by atoms with van der Waals surface area (Å²) >= 11 is 0. The third-order valence-electron chi connectivity index (χ3n) is 22.3. The number of halogens is 1. The molecule has 8 N–H and O–H groups in total. The Morgan fingerprint density at radius 3 is 2.10 bits per heavy atom. The first-order chi connectivity index (χ1) is 38.7. The minimum absolute atomic E-state index is 0.00912. The number of aromatic nitrogens is 2. The Hall–Kier alpha value is -5.48. The number of aliphatic hydroxyl groups is 6. The van der Waals surface area contributed by atoms with Crippen LogP contribution in [-0.2, 0) is 28.7 Å². The Kier molecular flexibility index (Phi) is 15.7. The number of aliphatic hydroxyl groups excluding tert-OH is 4. The first-order valence-electron chi connectivity index (χ1n) is 29.3. The second-order valence-corrected chi connectivity index (χ2v) is 25.9. The molecule has 19 nitrogen and oxygen atoms in total. The van der Waals surface area contributed by atoms with Gasteiger partial charge in [0.25, 0.3) is 5.91 Å². The molecule has 0 spiro atoms. The van der Waals surface area contributed by atoms with Gasteiger partial charge in [-0.2, -0.15) is 4.98 Å². The van der Waals surface area contributed by atoms with E-state index in [0.717, 1.165) is 37.7 Å². The number of amides is 1. The molecule has 16 atom stereocenters. The molecule has 0 bridgehead atoms. The van der Waals surface area contributed by atoms with E-state index >= 15 is 4.39 Å². The first kappa shape index (κ1) is 59.7. The molecular weight excluding hydrogens is 1060 g/mol. The van der Waals surface area contributed by atoms with Crippen LogP contribution in [0.3, 0.4) is 0 Å². The van der Waals surface area contributed by atoms with Crippen molar-refractivity contribution in [1.82, 2.24) is 14.9 Å². The van der Waals surface area contributed by atoms with E-state index in [-0.39, 0.29) is 59.1 Å². The number of benzene rings is 1. The Morgan fingerprint density at radius 1 is 0.805 bits per heavy atom. The van der Waals surface area contributed by atoms with E-state index in [9.17, 15) is 54.6 Å². The molecule has 8 fully saturated rings. The molecular formula is C62H82FN5O14. The largest absolute Gasteiger partial charge is 0.493 e. The third-order valence-corrected chi connectivity index (χ3v) is 22.3. The van der Waals surface area contributed by atoms with Crippen LogP contribution < -0.4 is 20.1 Å². The standard InChI is InChI=1S/C22H29FO5.C21H28O5.C19H25N5O4/c1-12-8-16-15-5-4-13-9-14(25)6-7-19(13,2)21(15,23)17(26)10-20(16,3)22(12,28)18(27)11-24;1-19-7-5-13(23)9-12(19)3-4-14-15-6-8-21(26,17(25)11-22)20(15,2)10-16(24)18(14)19;1-26-15-10-12-13(11-16(15)27-2)21-19(22-17(12)20)24-7-5-23(6-8-24)18(25)14-4-3-9-28-14/h6-7,9,12,15-17,24,26,28H,4-5,8,10-11H2,1-3H3;5,7,9,14-16,18,22,24,26H,3-4,6,8,10-11H2,1-2H3;10-11,14H,3-9H2,1-2H3,(H2,20,21,22)/t12-,15+,16+,17+,19+,20+,21+,22+;14-,15-,16-,18+,19-,20-,21-;/m10./s1. The number of hydrogen-bond acceptors (Lipinski definition) is 18. The van der Waals surface area contributed by atoms with Crippen LogP contribution in [0.15, 0.2) is 59.7 Å². The van der Waals surface area contributed by atoms with Crippen molar-refractivity contribution in [3.63, 3.8) is 0 Å². The maximum absolute atomic E-state index is 16.9. The van der Waals surface area contributed by atoms with Crippen LogP contribution in [0.1, 0.15) is 105 Å². The molecule has 20 heteroatoms. The average molecular weight is 1140 g/mol. The summed E-state index contributed by atoms with van der Waals surface area (Å²) in [5.74, 6) is -0.139. The molecule has 3 heterocycles. The van der Waals surface area contributed by atoms with E-state index in [0.29, 0.717) is 105 Å². The van der Waals surface area contributed by atoms with Gasteiger partial charge in [-0.3, -0.25) is 24.0 Å². The summed E-state index contributed by atoms with van der Waals surface area (Å²) in [5.41, 5.74) is 0.164. The van der Waals surface area contributed by atoms with Crippen molar-refractivity contribution >= 4 is 51.7 Å². The highest BCUT2D eigenvalue weighted by molar-refractivity contribution is 6.02. The van der Waals surface area contributed by atoms with E-state index in [1.165, 1.54) is 12.2 Å². The average Bonchev–Trinajstić information content (AvgIpc) is 3.96. The SMILES string of the molecule is COc1cc2nc(N3CCN(C(=O)C4CCCO4)CC3)nc(N)c2cc1OC.C[C@@H]1C[C@H]2[C@@H]3CCC4=CC(=O)C=C[C@]4(C)[C@@]3(F)[C@@H](O)C[C@]2(C)[C@@]1(O)C(=O)CO.C[C@]12C=CC(=O)C=C1CC[C@@H]1[C@@H]2[C@@H](O)C[C@@]2(C)[C@H]1CC[C@]2(O)C(=O)CO. The number of carbonyl (C=O) groups excluding carboxylic acids is 5. The van der Waals surface area contributed by atoms with Crippen LogP contribution in [0, 0.1) is 57.2 Å². The van der Waals surface area contributed by atoms with Gasteiger partial charge < -0.3 is 60.4 Å². The molecule has 2 aliphatic heterocycles. The summed E-state index contributed by atoms with van der Waals surface area (Å²) in [6, 6.07) is 3.58. The lowest BCUT2D eigenvalue weighted by Gasteiger charge is -2.62. The van der Waals surface area contributed by atoms with E-state index in [2.05, 4.69) is 16.9 Å². The molecule has 6 saturated carbocycles. The number of ether oxygens (including phenoxy) is 3. The highest BCUT2D eigenvalue weighted by atomic mass is 19.1. The fourth-order valence-corrected chi connectivity index (χ4v) is 17.9. The monoisotopic (exact) mass is 1140 g/mol. The number of methoxy groups -OCH3 is 2. The summed E-state index contributed by atoms with van der Waals surface area (Å²) < 4.78 is 33.1. The molecule has 10 aliphatic rings. The van der Waals surface area contributed by atoms with E-state index < -0.39 is 81.9 Å². The number of rotatable bonds is 8. The maximum atomic E-state index is 16.9. The molecule has 8 aliphatic carbocycles. The van der Waals surface area contributed by atoms with E-state index in [4.69, 9.17) is 19.9 Å². The van der Waals surface area contributed by atoms with E-state index in [1.807, 2.05) is 22.8 Å². The minimum Gasteiger partial charge on any atom is -0.493 e. The van der Waals surface area contributed by atoms with Gasteiger partial charge in [0, 0.05) is 77.7 Å². The van der Waals surface area contributed by atoms with Crippen molar-refractivity contribution < 1.29 is 73.2 Å². The van der Waals surface area contributed by atoms with Gasteiger partial charge in [0.05, 0.1) is 31.9 Å². The van der Waals surface area contributed by atoms with Crippen molar-refractivity contribution in [3.8, 4) is 11.5 Å². The quantitative estimate of drug-likeness (QED) is 0.191. The first-order valence-corrected chi connectivity index (χ1v) is 29.3. The van der Waals surface area contributed by atoms with Gasteiger partial charge in [-0.05, 0) is 132 Å². The summed E-state index contributed by atoms with van der Waals surface area (Å²) in [5, 5.41) is 64.3.